The number of benzene rings is 1. The van der Waals surface area contributed by atoms with Crippen molar-refractivity contribution in [1.82, 2.24) is 0 Å². The first-order chi connectivity index (χ1) is 7.97. The van der Waals surface area contributed by atoms with Gasteiger partial charge in [-0.3, -0.25) is 0 Å². The summed E-state index contributed by atoms with van der Waals surface area (Å²) in [6.07, 6.45) is -2.96. The number of esters is 1. The molecule has 0 saturated carbocycles. The molecule has 0 aliphatic carbocycles. The Morgan fingerprint density at radius 2 is 1.88 bits per heavy atom. The van der Waals surface area contributed by atoms with Gasteiger partial charge in [-0.15, -0.1) is 0 Å². The lowest BCUT2D eigenvalue weighted by Crippen LogP contribution is -2.29. The lowest BCUT2D eigenvalue weighted by Gasteiger charge is -2.16. The Kier molecular flexibility index (Phi) is 4.56. The van der Waals surface area contributed by atoms with Crippen LogP contribution in [0, 0.1) is 0 Å². The van der Waals surface area contributed by atoms with Crippen molar-refractivity contribution in [3.05, 3.63) is 35.4 Å². The maximum absolute atomic E-state index is 11.0. The molecular formula is C11H13NO4S. The molecule has 2 unspecified atom stereocenters. The monoisotopic (exact) mass is 255 g/mol. The molecule has 2 atom stereocenters. The second-order valence-electron chi connectivity index (χ2n) is 3.40. The minimum Gasteiger partial charge on any atom is -0.467 e. The van der Waals surface area contributed by atoms with Crippen molar-refractivity contribution in [3.8, 4) is 0 Å². The number of aliphatic hydroxyl groups excluding tert-OH is 2. The number of aliphatic hydroxyl groups is 2. The Morgan fingerprint density at radius 3 is 2.29 bits per heavy atom. The number of ether oxygens (including phenoxy) is 1. The zero-order valence-corrected chi connectivity index (χ0v) is 9.98. The number of rotatable bonds is 4. The van der Waals surface area contributed by atoms with Gasteiger partial charge in [-0.25, -0.2) is 4.79 Å². The van der Waals surface area contributed by atoms with E-state index in [0.29, 0.717) is 11.1 Å². The van der Waals surface area contributed by atoms with E-state index in [9.17, 15) is 15.0 Å². The highest BCUT2D eigenvalue weighted by Crippen LogP contribution is 2.18. The number of hydrogen-bond donors (Lipinski definition) is 3. The summed E-state index contributed by atoms with van der Waals surface area (Å²) < 4.78 is 4.33. The van der Waals surface area contributed by atoms with Crippen LogP contribution in [-0.2, 0) is 9.53 Å². The van der Waals surface area contributed by atoms with E-state index in [1.165, 1.54) is 12.1 Å². The van der Waals surface area contributed by atoms with Crippen molar-refractivity contribution in [2.45, 2.75) is 12.2 Å². The van der Waals surface area contributed by atoms with Crippen LogP contribution in [0.15, 0.2) is 24.3 Å². The first kappa shape index (κ1) is 13.6. The van der Waals surface area contributed by atoms with Gasteiger partial charge in [0.1, 0.15) is 11.1 Å². The third-order valence-electron chi connectivity index (χ3n) is 2.28. The molecule has 5 nitrogen and oxygen atoms in total. The number of carbonyl (C=O) groups is 1. The van der Waals surface area contributed by atoms with E-state index in [2.05, 4.69) is 4.74 Å². The summed E-state index contributed by atoms with van der Waals surface area (Å²) in [7, 11) is 1.13. The minimum atomic E-state index is -1.62. The maximum Gasteiger partial charge on any atom is 0.337 e. The van der Waals surface area contributed by atoms with Gasteiger partial charge in [-0.2, -0.15) is 0 Å². The Balaban J connectivity index is 2.86. The van der Waals surface area contributed by atoms with E-state index in [0.717, 1.165) is 7.11 Å². The fourth-order valence-corrected chi connectivity index (χ4v) is 1.41. The normalized spacial score (nSPS) is 13.8. The first-order valence-corrected chi connectivity index (χ1v) is 5.22. The quantitative estimate of drug-likeness (QED) is 0.513. The lowest BCUT2D eigenvalue weighted by atomic mass is 10.0. The third-order valence-corrected chi connectivity index (χ3v) is 2.51. The van der Waals surface area contributed by atoms with Crippen LogP contribution in [0.2, 0.25) is 0 Å². The van der Waals surface area contributed by atoms with Crippen molar-refractivity contribution in [2.24, 2.45) is 5.73 Å². The number of carbonyl (C=O) groups excluding carboxylic acids is 1. The van der Waals surface area contributed by atoms with Gasteiger partial charge in [0.05, 0.1) is 7.11 Å². The lowest BCUT2D eigenvalue weighted by molar-refractivity contribution is -0.156. The van der Waals surface area contributed by atoms with Crippen molar-refractivity contribution in [3.63, 3.8) is 0 Å². The number of hydrogen-bond acceptors (Lipinski definition) is 5. The van der Waals surface area contributed by atoms with Crippen LogP contribution in [0.5, 0.6) is 0 Å². The summed E-state index contributed by atoms with van der Waals surface area (Å²) in [4.78, 5) is 11.3. The summed E-state index contributed by atoms with van der Waals surface area (Å²) >= 11 is 4.77. The van der Waals surface area contributed by atoms with E-state index in [1.54, 1.807) is 12.1 Å². The Labute approximate surface area is 104 Å². The average Bonchev–Trinajstić information content (AvgIpc) is 2.36. The van der Waals surface area contributed by atoms with E-state index in [-0.39, 0.29) is 4.99 Å². The molecule has 1 aromatic rings. The van der Waals surface area contributed by atoms with Crippen molar-refractivity contribution >= 4 is 23.2 Å². The van der Waals surface area contributed by atoms with Crippen LogP contribution < -0.4 is 5.73 Å². The summed E-state index contributed by atoms with van der Waals surface area (Å²) in [5.74, 6) is -0.893. The fraction of sp³-hybridized carbons (Fsp3) is 0.273. The molecule has 0 aliphatic rings. The van der Waals surface area contributed by atoms with Gasteiger partial charge in [0, 0.05) is 5.56 Å². The first-order valence-electron chi connectivity index (χ1n) is 4.81. The predicted molar refractivity (Wildman–Crippen MR) is 65.3 cm³/mol. The van der Waals surface area contributed by atoms with Crippen LogP contribution in [0.3, 0.4) is 0 Å². The highest BCUT2D eigenvalue weighted by atomic mass is 32.1. The van der Waals surface area contributed by atoms with E-state index < -0.39 is 18.2 Å². The zero-order chi connectivity index (χ0) is 13.0. The Hall–Kier alpha value is -1.50. The van der Waals surface area contributed by atoms with Gasteiger partial charge in [0.2, 0.25) is 0 Å². The molecule has 0 aliphatic heterocycles. The van der Waals surface area contributed by atoms with E-state index >= 15 is 0 Å². The molecule has 1 rings (SSSR count). The molecule has 92 valence electrons. The molecule has 4 N–H and O–H groups in total. The second-order valence-corrected chi connectivity index (χ2v) is 3.84. The molecule has 0 fully saturated rings. The summed E-state index contributed by atoms with van der Waals surface area (Å²) in [6.45, 7) is 0. The fourth-order valence-electron chi connectivity index (χ4n) is 1.28. The van der Waals surface area contributed by atoms with Gasteiger partial charge in [0.15, 0.2) is 6.10 Å². The molecule has 0 heterocycles. The molecule has 0 amide bonds. The van der Waals surface area contributed by atoms with Gasteiger partial charge in [-0.1, -0.05) is 36.5 Å². The predicted octanol–water partition coefficient (Wildman–Crippen LogP) is -0.112. The van der Waals surface area contributed by atoms with Crippen LogP contribution in [0.25, 0.3) is 0 Å². The van der Waals surface area contributed by atoms with E-state index in [4.69, 9.17) is 18.0 Å². The number of thiocarbonyl (C=S) groups is 1. The minimum absolute atomic E-state index is 0.236. The zero-order valence-electron chi connectivity index (χ0n) is 9.16. The highest BCUT2D eigenvalue weighted by molar-refractivity contribution is 7.80. The molecule has 0 aromatic heterocycles. The van der Waals surface area contributed by atoms with Crippen molar-refractivity contribution < 1.29 is 19.7 Å². The standard InChI is InChI=1S/C11H13NO4S/c1-16-11(15)9(14)8(13)6-2-4-7(5-3-6)10(12)17/h2-5,8-9,13-14H,1H3,(H2,12,17). The van der Waals surface area contributed by atoms with Crippen LogP contribution in [0.1, 0.15) is 17.2 Å². The second kappa shape index (κ2) is 5.72. The van der Waals surface area contributed by atoms with Crippen LogP contribution >= 0.6 is 12.2 Å². The Morgan fingerprint density at radius 1 is 1.35 bits per heavy atom. The summed E-state index contributed by atoms with van der Waals surface area (Å²) in [6, 6.07) is 6.27. The number of nitrogens with two attached hydrogens (primary N) is 1. The molecule has 6 heteroatoms. The van der Waals surface area contributed by atoms with Crippen molar-refractivity contribution in [2.75, 3.05) is 7.11 Å². The van der Waals surface area contributed by atoms with Crippen molar-refractivity contribution in [1.29, 1.82) is 0 Å². The molecule has 0 radical (unpaired) electrons. The van der Waals surface area contributed by atoms with Gasteiger partial charge >= 0.3 is 5.97 Å². The SMILES string of the molecule is COC(=O)C(O)C(O)c1ccc(C(N)=S)cc1. The van der Waals surface area contributed by atoms with Gasteiger partial charge in [-0.05, 0) is 5.56 Å². The molecule has 0 spiro atoms. The number of methoxy groups -OCH3 is 1. The third kappa shape index (κ3) is 3.23. The molecule has 0 saturated heterocycles. The molecule has 1 aromatic carbocycles. The maximum atomic E-state index is 11.0. The average molecular weight is 255 g/mol. The molecule has 17 heavy (non-hydrogen) atoms. The smallest absolute Gasteiger partial charge is 0.337 e. The van der Waals surface area contributed by atoms with Crippen LogP contribution in [-0.4, -0.2) is 34.4 Å². The topological polar surface area (TPSA) is 92.8 Å². The summed E-state index contributed by atoms with van der Waals surface area (Å²) in [5, 5.41) is 19.1. The molecular weight excluding hydrogens is 242 g/mol. The van der Waals surface area contributed by atoms with Crippen LogP contribution in [0.4, 0.5) is 0 Å². The van der Waals surface area contributed by atoms with Gasteiger partial charge < -0.3 is 20.7 Å². The summed E-state index contributed by atoms with van der Waals surface area (Å²) in [5.41, 5.74) is 6.43. The highest BCUT2D eigenvalue weighted by Gasteiger charge is 2.26. The van der Waals surface area contributed by atoms with E-state index in [1.807, 2.05) is 0 Å². The Bertz CT molecular complexity index is 418. The largest absolute Gasteiger partial charge is 0.467 e. The molecule has 0 bridgehead atoms. The van der Waals surface area contributed by atoms with Gasteiger partial charge in [0.25, 0.3) is 0 Å².